The van der Waals surface area contributed by atoms with Crippen LogP contribution in [-0.2, 0) is 26.2 Å². The number of sulfonamides is 1. The summed E-state index contributed by atoms with van der Waals surface area (Å²) in [7, 11) is -3.43. The molecule has 0 radical (unpaired) electrons. The first-order valence-electron chi connectivity index (χ1n) is 7.91. The first kappa shape index (κ1) is 18.6. The molecule has 1 aliphatic rings. The van der Waals surface area contributed by atoms with Gasteiger partial charge in [-0.2, -0.15) is 4.31 Å². The molecule has 25 heavy (non-hydrogen) atoms. The number of thiophene rings is 1. The van der Waals surface area contributed by atoms with Gasteiger partial charge in [-0.3, -0.25) is 4.79 Å². The van der Waals surface area contributed by atoms with Gasteiger partial charge in [0, 0.05) is 17.6 Å². The highest BCUT2D eigenvalue weighted by molar-refractivity contribution is 9.10. The van der Waals surface area contributed by atoms with Crippen LogP contribution >= 0.6 is 27.3 Å². The molecule has 0 bridgehead atoms. The van der Waals surface area contributed by atoms with E-state index in [9.17, 15) is 13.2 Å². The van der Waals surface area contributed by atoms with Gasteiger partial charge < -0.3 is 4.74 Å². The van der Waals surface area contributed by atoms with Gasteiger partial charge >= 0.3 is 5.97 Å². The van der Waals surface area contributed by atoms with Gasteiger partial charge in [0.05, 0.1) is 5.92 Å². The summed E-state index contributed by atoms with van der Waals surface area (Å²) >= 11 is 4.60. The summed E-state index contributed by atoms with van der Waals surface area (Å²) in [6, 6.07) is 10.9. The van der Waals surface area contributed by atoms with Crippen LogP contribution in [0.5, 0.6) is 0 Å². The lowest BCUT2D eigenvalue weighted by Crippen LogP contribution is -2.40. The van der Waals surface area contributed by atoms with E-state index in [4.69, 9.17) is 4.74 Å². The lowest BCUT2D eigenvalue weighted by atomic mass is 9.98. The lowest BCUT2D eigenvalue weighted by molar-refractivity contribution is -0.151. The van der Waals surface area contributed by atoms with Crippen molar-refractivity contribution in [3.05, 3.63) is 51.8 Å². The number of halogens is 1. The maximum absolute atomic E-state index is 12.5. The number of benzene rings is 1. The highest BCUT2D eigenvalue weighted by Gasteiger charge is 2.33. The Bertz CT molecular complexity index is 828. The van der Waals surface area contributed by atoms with Crippen LogP contribution in [0.25, 0.3) is 0 Å². The predicted octanol–water partition coefficient (Wildman–Crippen LogP) is 3.65. The number of piperidine rings is 1. The van der Waals surface area contributed by atoms with Gasteiger partial charge in [0.15, 0.2) is 0 Å². The summed E-state index contributed by atoms with van der Waals surface area (Å²) in [6.07, 6.45) is 0.976. The van der Waals surface area contributed by atoms with Crippen molar-refractivity contribution in [2.45, 2.75) is 23.7 Å². The molecule has 0 unspecified atom stereocenters. The van der Waals surface area contributed by atoms with Crippen LogP contribution in [0.2, 0.25) is 0 Å². The van der Waals surface area contributed by atoms with Crippen LogP contribution in [0.4, 0.5) is 0 Å². The molecule has 0 amide bonds. The van der Waals surface area contributed by atoms with Crippen LogP contribution in [0.3, 0.4) is 0 Å². The Balaban J connectivity index is 1.52. The summed E-state index contributed by atoms with van der Waals surface area (Å²) in [5, 5.41) is 1.75. The summed E-state index contributed by atoms with van der Waals surface area (Å²) in [4.78, 5) is 12.2. The van der Waals surface area contributed by atoms with E-state index in [1.807, 2.05) is 24.3 Å². The molecule has 0 atom stereocenters. The Morgan fingerprint density at radius 3 is 2.64 bits per heavy atom. The predicted molar refractivity (Wildman–Crippen MR) is 99.7 cm³/mol. The van der Waals surface area contributed by atoms with E-state index in [1.165, 1.54) is 15.6 Å². The van der Waals surface area contributed by atoms with E-state index in [0.29, 0.717) is 30.1 Å². The molecule has 0 aliphatic carbocycles. The minimum atomic E-state index is -3.43. The molecule has 5 nitrogen and oxygen atoms in total. The number of ether oxygens (including phenoxy) is 1. The second-order valence-electron chi connectivity index (χ2n) is 5.85. The second-order valence-corrected chi connectivity index (χ2v) is 9.88. The molecule has 1 fully saturated rings. The average Bonchev–Trinajstić information content (AvgIpc) is 3.15. The fourth-order valence-corrected chi connectivity index (χ4v) is 5.83. The molecule has 1 aromatic heterocycles. The molecule has 2 aromatic rings. The molecule has 2 heterocycles. The van der Waals surface area contributed by atoms with Gasteiger partial charge in [-0.05, 0) is 42.0 Å². The van der Waals surface area contributed by atoms with Crippen LogP contribution in [0.15, 0.2) is 50.5 Å². The number of nitrogens with zero attached hydrogens (tertiary/aromatic N) is 1. The van der Waals surface area contributed by atoms with E-state index >= 15 is 0 Å². The van der Waals surface area contributed by atoms with E-state index in [-0.39, 0.29) is 18.5 Å². The minimum absolute atomic E-state index is 0.228. The number of rotatable bonds is 5. The maximum atomic E-state index is 12.5. The number of hydrogen-bond donors (Lipinski definition) is 0. The molecule has 3 rings (SSSR count). The highest BCUT2D eigenvalue weighted by Crippen LogP contribution is 2.27. The molecule has 1 saturated heterocycles. The van der Waals surface area contributed by atoms with Crippen LogP contribution in [0, 0.1) is 5.92 Å². The second kappa shape index (κ2) is 7.99. The Morgan fingerprint density at radius 1 is 1.24 bits per heavy atom. The van der Waals surface area contributed by atoms with Crippen molar-refractivity contribution in [3.8, 4) is 0 Å². The van der Waals surface area contributed by atoms with Gasteiger partial charge in [0.1, 0.15) is 10.8 Å². The molecule has 1 aliphatic heterocycles. The molecule has 0 saturated carbocycles. The number of hydrogen-bond acceptors (Lipinski definition) is 5. The summed E-state index contributed by atoms with van der Waals surface area (Å²) < 4.78 is 33.1. The normalized spacial score (nSPS) is 16.7. The Kier molecular flexibility index (Phi) is 5.93. The fraction of sp³-hybridized carbons (Fsp3) is 0.353. The third-order valence-corrected chi connectivity index (χ3v) is 7.91. The molecule has 0 N–H and O–H groups in total. The van der Waals surface area contributed by atoms with Gasteiger partial charge in [-0.15, -0.1) is 11.3 Å². The molecular weight excluding hydrogens is 426 g/mol. The molecule has 1 aromatic carbocycles. The number of carbonyl (C=O) groups is 1. The summed E-state index contributed by atoms with van der Waals surface area (Å²) in [5.41, 5.74) is 0.917. The highest BCUT2D eigenvalue weighted by atomic mass is 79.9. The van der Waals surface area contributed by atoms with Crippen molar-refractivity contribution in [1.82, 2.24) is 4.31 Å². The van der Waals surface area contributed by atoms with Gasteiger partial charge in [-0.25, -0.2) is 8.42 Å². The van der Waals surface area contributed by atoms with Crippen molar-refractivity contribution in [1.29, 1.82) is 0 Å². The Labute approximate surface area is 159 Å². The van der Waals surface area contributed by atoms with Crippen LogP contribution in [-0.4, -0.2) is 31.8 Å². The summed E-state index contributed by atoms with van der Waals surface area (Å²) in [6.45, 7) is 0.916. The quantitative estimate of drug-likeness (QED) is 0.661. The van der Waals surface area contributed by atoms with Crippen molar-refractivity contribution in [2.24, 2.45) is 5.92 Å². The van der Waals surface area contributed by atoms with Crippen molar-refractivity contribution in [2.75, 3.05) is 13.1 Å². The SMILES string of the molecule is O=C(OCc1cccc(Br)c1)C1CCN(S(=O)(=O)c2cccs2)CC1. The monoisotopic (exact) mass is 443 g/mol. The molecule has 8 heteroatoms. The third kappa shape index (κ3) is 4.49. The lowest BCUT2D eigenvalue weighted by Gasteiger charge is -2.29. The van der Waals surface area contributed by atoms with Crippen molar-refractivity contribution >= 4 is 43.3 Å². The van der Waals surface area contributed by atoms with E-state index in [1.54, 1.807) is 17.5 Å². The molecule has 134 valence electrons. The standard InChI is InChI=1S/C17H18BrNO4S2/c18-15-4-1-3-13(11-15)12-23-17(20)14-6-8-19(9-7-14)25(21,22)16-5-2-10-24-16/h1-5,10-11,14H,6-9,12H2. The first-order valence-corrected chi connectivity index (χ1v) is 11.0. The Hall–Kier alpha value is -1.22. The topological polar surface area (TPSA) is 63.7 Å². The summed E-state index contributed by atoms with van der Waals surface area (Å²) in [5.74, 6) is -0.505. The number of carbonyl (C=O) groups excluding carboxylic acids is 1. The fourth-order valence-electron chi connectivity index (χ4n) is 2.77. The zero-order valence-electron chi connectivity index (χ0n) is 13.4. The molecular formula is C17H18BrNO4S2. The van der Waals surface area contributed by atoms with Gasteiger partial charge in [0.2, 0.25) is 0 Å². The van der Waals surface area contributed by atoms with E-state index in [0.717, 1.165) is 10.0 Å². The van der Waals surface area contributed by atoms with Crippen LogP contribution < -0.4 is 0 Å². The molecule has 0 spiro atoms. The minimum Gasteiger partial charge on any atom is -0.461 e. The zero-order valence-corrected chi connectivity index (χ0v) is 16.6. The maximum Gasteiger partial charge on any atom is 0.309 e. The van der Waals surface area contributed by atoms with Crippen molar-refractivity contribution in [3.63, 3.8) is 0 Å². The van der Waals surface area contributed by atoms with E-state index in [2.05, 4.69) is 15.9 Å². The van der Waals surface area contributed by atoms with Crippen molar-refractivity contribution < 1.29 is 17.9 Å². The van der Waals surface area contributed by atoms with Gasteiger partial charge in [-0.1, -0.05) is 34.1 Å². The largest absolute Gasteiger partial charge is 0.461 e. The first-order chi connectivity index (χ1) is 12.0. The third-order valence-electron chi connectivity index (χ3n) is 4.15. The Morgan fingerprint density at radius 2 is 2.00 bits per heavy atom. The zero-order chi connectivity index (χ0) is 17.9. The smallest absolute Gasteiger partial charge is 0.309 e. The van der Waals surface area contributed by atoms with Gasteiger partial charge in [0.25, 0.3) is 10.0 Å². The van der Waals surface area contributed by atoms with Crippen LogP contribution in [0.1, 0.15) is 18.4 Å². The number of esters is 1. The van der Waals surface area contributed by atoms with E-state index < -0.39 is 10.0 Å². The average molecular weight is 444 g/mol.